The third-order valence-electron chi connectivity index (χ3n) is 2.85. The lowest BCUT2D eigenvalue weighted by Crippen LogP contribution is -2.56. The van der Waals surface area contributed by atoms with Crippen molar-refractivity contribution in [3.05, 3.63) is 11.9 Å². The van der Waals surface area contributed by atoms with Crippen molar-refractivity contribution in [2.45, 2.75) is 17.9 Å². The topological polar surface area (TPSA) is 115 Å². The second-order valence-corrected chi connectivity index (χ2v) is 5.89. The molecule has 2 rings (SSSR count). The van der Waals surface area contributed by atoms with Gasteiger partial charge in [0.15, 0.2) is 0 Å². The fourth-order valence-electron chi connectivity index (χ4n) is 1.91. The number of aryl methyl sites for hydroxylation is 1. The van der Waals surface area contributed by atoms with E-state index in [4.69, 9.17) is 5.11 Å². The Bertz CT molecular complexity index is 553. The molecule has 2 heterocycles. The quantitative estimate of drug-likeness (QED) is 0.635. The second kappa shape index (κ2) is 4.67. The predicted octanol–water partition coefficient (Wildman–Crippen LogP) is -1.23. The number of carboxylic acids is 1. The summed E-state index contributed by atoms with van der Waals surface area (Å²) in [5, 5.41) is 18.1. The minimum atomic E-state index is -3.82. The molecule has 100 valence electrons. The fourth-order valence-corrected chi connectivity index (χ4v) is 3.61. The molecule has 1 fully saturated rings. The Morgan fingerprint density at radius 1 is 1.61 bits per heavy atom. The maximum absolute atomic E-state index is 12.4. The highest BCUT2D eigenvalue weighted by atomic mass is 32.2. The Hall–Kier alpha value is -1.45. The Balaban J connectivity index is 2.39. The van der Waals surface area contributed by atoms with Gasteiger partial charge in [0.2, 0.25) is 10.0 Å². The molecule has 0 radical (unpaired) electrons. The number of carbonyl (C=O) groups is 1. The number of rotatable bonds is 3. The first-order valence-corrected chi connectivity index (χ1v) is 6.84. The molecule has 0 aliphatic carbocycles. The number of nitrogens with zero attached hydrogens (tertiary/aromatic N) is 2. The number of H-pyrrole nitrogens is 1. The van der Waals surface area contributed by atoms with Crippen LogP contribution in [0.3, 0.4) is 0 Å². The average molecular weight is 274 g/mol. The summed E-state index contributed by atoms with van der Waals surface area (Å²) in [5.41, 5.74) is 0.401. The molecule has 0 saturated carbocycles. The van der Waals surface area contributed by atoms with Crippen molar-refractivity contribution in [3.63, 3.8) is 0 Å². The highest BCUT2D eigenvalue weighted by molar-refractivity contribution is 7.89. The Morgan fingerprint density at radius 3 is 2.89 bits per heavy atom. The van der Waals surface area contributed by atoms with Crippen LogP contribution in [0.1, 0.15) is 5.69 Å². The number of aromatic nitrogens is 2. The molecule has 0 amide bonds. The van der Waals surface area contributed by atoms with E-state index in [9.17, 15) is 13.2 Å². The van der Waals surface area contributed by atoms with Crippen LogP contribution in [-0.2, 0) is 14.8 Å². The summed E-state index contributed by atoms with van der Waals surface area (Å²) in [6, 6.07) is -1.09. The van der Waals surface area contributed by atoms with Gasteiger partial charge in [0.05, 0.1) is 11.9 Å². The van der Waals surface area contributed by atoms with E-state index in [0.717, 1.165) is 4.31 Å². The Morgan fingerprint density at radius 2 is 2.33 bits per heavy atom. The molecule has 1 saturated heterocycles. The minimum absolute atomic E-state index is 0.0237. The zero-order valence-corrected chi connectivity index (χ0v) is 10.6. The Kier molecular flexibility index (Phi) is 3.37. The van der Waals surface area contributed by atoms with E-state index in [1.165, 1.54) is 6.20 Å². The zero-order chi connectivity index (χ0) is 13.3. The van der Waals surface area contributed by atoms with E-state index in [-0.39, 0.29) is 18.0 Å². The lowest BCUT2D eigenvalue weighted by Gasteiger charge is -2.32. The Labute approximate surface area is 104 Å². The van der Waals surface area contributed by atoms with Crippen LogP contribution in [0.15, 0.2) is 11.1 Å². The largest absolute Gasteiger partial charge is 0.480 e. The van der Waals surface area contributed by atoms with Crippen LogP contribution in [-0.4, -0.2) is 59.7 Å². The van der Waals surface area contributed by atoms with Gasteiger partial charge < -0.3 is 10.4 Å². The van der Waals surface area contributed by atoms with E-state index in [1.54, 1.807) is 6.92 Å². The zero-order valence-electron chi connectivity index (χ0n) is 9.75. The van der Waals surface area contributed by atoms with Crippen molar-refractivity contribution in [3.8, 4) is 0 Å². The van der Waals surface area contributed by atoms with Crippen LogP contribution in [0.4, 0.5) is 0 Å². The highest BCUT2D eigenvalue weighted by Gasteiger charge is 2.38. The lowest BCUT2D eigenvalue weighted by atomic mass is 10.2. The third-order valence-corrected chi connectivity index (χ3v) is 4.87. The molecular weight excluding hydrogens is 260 g/mol. The van der Waals surface area contributed by atoms with Crippen molar-refractivity contribution >= 4 is 16.0 Å². The number of nitrogens with one attached hydrogen (secondary N) is 2. The number of hydrogen-bond acceptors (Lipinski definition) is 5. The standard InChI is InChI=1S/C9H14N4O4S/c1-6-8(5-11-12-6)18(16,17)13-3-2-10-4-7(13)9(14)15/h5,7,10H,2-4H2,1H3,(H,11,12)(H,14,15). The van der Waals surface area contributed by atoms with Gasteiger partial charge in [0.25, 0.3) is 0 Å². The van der Waals surface area contributed by atoms with Crippen LogP contribution in [0.5, 0.6) is 0 Å². The van der Waals surface area contributed by atoms with E-state index < -0.39 is 22.0 Å². The summed E-state index contributed by atoms with van der Waals surface area (Å²) in [4.78, 5) is 11.1. The fraction of sp³-hybridized carbons (Fsp3) is 0.556. The SMILES string of the molecule is Cc1[nH]ncc1S(=O)(=O)N1CCNCC1C(=O)O. The van der Waals surface area contributed by atoms with E-state index >= 15 is 0 Å². The first-order valence-electron chi connectivity index (χ1n) is 5.40. The number of hydrogen-bond donors (Lipinski definition) is 3. The van der Waals surface area contributed by atoms with Gasteiger partial charge in [-0.05, 0) is 6.92 Å². The van der Waals surface area contributed by atoms with Gasteiger partial charge in [-0.2, -0.15) is 9.40 Å². The maximum Gasteiger partial charge on any atom is 0.323 e. The van der Waals surface area contributed by atoms with E-state index in [2.05, 4.69) is 15.5 Å². The third kappa shape index (κ3) is 2.11. The number of piperazine rings is 1. The summed E-state index contributed by atoms with van der Waals surface area (Å²) in [6.07, 6.45) is 1.20. The molecule has 8 nitrogen and oxygen atoms in total. The number of sulfonamides is 1. The van der Waals surface area contributed by atoms with Gasteiger partial charge in [0, 0.05) is 19.6 Å². The minimum Gasteiger partial charge on any atom is -0.480 e. The number of aliphatic carboxylic acids is 1. The number of aromatic amines is 1. The van der Waals surface area contributed by atoms with Gasteiger partial charge in [-0.1, -0.05) is 0 Å². The molecule has 0 aromatic carbocycles. The molecule has 1 atom stereocenters. The summed E-state index contributed by atoms with van der Waals surface area (Å²) in [7, 11) is -3.82. The lowest BCUT2D eigenvalue weighted by molar-refractivity contribution is -0.141. The van der Waals surface area contributed by atoms with E-state index in [0.29, 0.717) is 12.2 Å². The molecule has 3 N–H and O–H groups in total. The van der Waals surface area contributed by atoms with Crippen molar-refractivity contribution in [2.75, 3.05) is 19.6 Å². The van der Waals surface area contributed by atoms with Crippen LogP contribution in [0, 0.1) is 6.92 Å². The van der Waals surface area contributed by atoms with Crippen LogP contribution >= 0.6 is 0 Å². The van der Waals surface area contributed by atoms with Crippen molar-refractivity contribution in [1.82, 2.24) is 19.8 Å². The van der Waals surface area contributed by atoms with Crippen molar-refractivity contribution in [1.29, 1.82) is 0 Å². The van der Waals surface area contributed by atoms with Crippen molar-refractivity contribution in [2.24, 2.45) is 0 Å². The molecule has 1 aliphatic rings. The predicted molar refractivity (Wildman–Crippen MR) is 61.5 cm³/mol. The summed E-state index contributed by atoms with van der Waals surface area (Å²) in [6.45, 7) is 2.24. The molecule has 1 unspecified atom stereocenters. The molecule has 0 spiro atoms. The van der Waals surface area contributed by atoms with Gasteiger partial charge in [0.1, 0.15) is 10.9 Å². The highest BCUT2D eigenvalue weighted by Crippen LogP contribution is 2.20. The summed E-state index contributed by atoms with van der Waals surface area (Å²) >= 11 is 0. The summed E-state index contributed by atoms with van der Waals surface area (Å²) < 4.78 is 25.7. The first kappa shape index (κ1) is 13.0. The number of carboxylic acid groups (broad SMARTS) is 1. The molecule has 1 aliphatic heterocycles. The van der Waals surface area contributed by atoms with Gasteiger partial charge in [-0.3, -0.25) is 9.89 Å². The van der Waals surface area contributed by atoms with Gasteiger partial charge in [-0.25, -0.2) is 8.42 Å². The normalized spacial score (nSPS) is 21.9. The molecule has 0 bridgehead atoms. The molecule has 1 aromatic rings. The van der Waals surface area contributed by atoms with E-state index in [1.807, 2.05) is 0 Å². The van der Waals surface area contributed by atoms with Gasteiger partial charge >= 0.3 is 5.97 Å². The monoisotopic (exact) mass is 274 g/mol. The average Bonchev–Trinajstić information content (AvgIpc) is 2.76. The second-order valence-electron chi connectivity index (χ2n) is 4.03. The van der Waals surface area contributed by atoms with Crippen molar-refractivity contribution < 1.29 is 18.3 Å². The maximum atomic E-state index is 12.4. The van der Waals surface area contributed by atoms with Crippen LogP contribution in [0.2, 0.25) is 0 Å². The van der Waals surface area contributed by atoms with Crippen LogP contribution < -0.4 is 5.32 Å². The first-order chi connectivity index (χ1) is 8.44. The molecule has 18 heavy (non-hydrogen) atoms. The van der Waals surface area contributed by atoms with Crippen LogP contribution in [0.25, 0.3) is 0 Å². The smallest absolute Gasteiger partial charge is 0.323 e. The summed E-state index contributed by atoms with van der Waals surface area (Å²) in [5.74, 6) is -1.16. The van der Waals surface area contributed by atoms with Gasteiger partial charge in [-0.15, -0.1) is 0 Å². The molecule has 1 aromatic heterocycles. The molecular formula is C9H14N4O4S. The molecule has 9 heteroatoms.